The number of carbonyl (C=O) groups is 1. The highest BCUT2D eigenvalue weighted by Gasteiger charge is 2.14. The van der Waals surface area contributed by atoms with E-state index in [0.717, 1.165) is 4.47 Å². The fourth-order valence-electron chi connectivity index (χ4n) is 1.37. The lowest BCUT2D eigenvalue weighted by molar-refractivity contribution is 0.101. The summed E-state index contributed by atoms with van der Waals surface area (Å²) >= 11 is 3.36. The van der Waals surface area contributed by atoms with Gasteiger partial charge < -0.3 is 5.32 Å². The van der Waals surface area contributed by atoms with Gasteiger partial charge in [0.1, 0.15) is 5.82 Å². The zero-order valence-corrected chi connectivity index (χ0v) is 11.7. The van der Waals surface area contributed by atoms with Gasteiger partial charge in [-0.2, -0.15) is 0 Å². The number of hydrogen-bond acceptors (Lipinski definition) is 3. The number of hydrogen-bond donors (Lipinski definition) is 2. The van der Waals surface area contributed by atoms with E-state index in [2.05, 4.69) is 36.4 Å². The molecule has 0 radical (unpaired) electrons. The number of aromatic nitrogens is 3. The maximum atomic E-state index is 11.9. The number of anilines is 1. The predicted octanol–water partition coefficient (Wildman–Crippen LogP) is 2.94. The second-order valence-corrected chi connectivity index (χ2v) is 4.99. The van der Waals surface area contributed by atoms with Gasteiger partial charge in [-0.1, -0.05) is 26.0 Å². The van der Waals surface area contributed by atoms with Crippen LogP contribution >= 0.6 is 15.9 Å². The Balaban J connectivity index is 2.15. The van der Waals surface area contributed by atoms with Crippen molar-refractivity contribution in [2.45, 2.75) is 19.8 Å². The van der Waals surface area contributed by atoms with Gasteiger partial charge in [0.2, 0.25) is 5.82 Å². The van der Waals surface area contributed by atoms with E-state index in [0.29, 0.717) is 11.5 Å². The van der Waals surface area contributed by atoms with Crippen LogP contribution in [0.3, 0.4) is 0 Å². The van der Waals surface area contributed by atoms with Crippen molar-refractivity contribution in [3.63, 3.8) is 0 Å². The van der Waals surface area contributed by atoms with Crippen molar-refractivity contribution in [3.8, 4) is 0 Å². The monoisotopic (exact) mass is 308 g/mol. The molecule has 0 spiro atoms. The van der Waals surface area contributed by atoms with E-state index < -0.39 is 0 Å². The molecule has 2 N–H and O–H groups in total. The summed E-state index contributed by atoms with van der Waals surface area (Å²) in [4.78, 5) is 16.1. The van der Waals surface area contributed by atoms with Crippen molar-refractivity contribution in [3.05, 3.63) is 40.4 Å². The largest absolute Gasteiger partial charge is 0.318 e. The predicted molar refractivity (Wildman–Crippen MR) is 72.6 cm³/mol. The Hall–Kier alpha value is -1.69. The Labute approximate surface area is 113 Å². The van der Waals surface area contributed by atoms with Gasteiger partial charge in [0.15, 0.2) is 0 Å². The average molecular weight is 309 g/mol. The molecule has 1 aromatic heterocycles. The van der Waals surface area contributed by atoms with Crippen LogP contribution in [0.25, 0.3) is 0 Å². The third-order valence-electron chi connectivity index (χ3n) is 2.37. The first kappa shape index (κ1) is 12.8. The molecule has 0 aliphatic rings. The molecular weight excluding hydrogens is 296 g/mol. The first-order chi connectivity index (χ1) is 8.58. The van der Waals surface area contributed by atoms with Crippen molar-refractivity contribution in [2.24, 2.45) is 0 Å². The molecule has 0 aliphatic carbocycles. The van der Waals surface area contributed by atoms with E-state index in [1.807, 2.05) is 32.0 Å². The van der Waals surface area contributed by atoms with Crippen LogP contribution in [-0.4, -0.2) is 21.1 Å². The summed E-state index contributed by atoms with van der Waals surface area (Å²) in [6, 6.07) is 7.38. The molecule has 1 amide bonds. The van der Waals surface area contributed by atoms with Crippen molar-refractivity contribution in [1.29, 1.82) is 0 Å². The van der Waals surface area contributed by atoms with Gasteiger partial charge in [-0.25, -0.2) is 4.98 Å². The smallest absolute Gasteiger partial charge is 0.295 e. The van der Waals surface area contributed by atoms with Crippen molar-refractivity contribution >= 4 is 27.5 Å². The van der Waals surface area contributed by atoms with Crippen LogP contribution in [0.2, 0.25) is 0 Å². The summed E-state index contributed by atoms with van der Waals surface area (Å²) < 4.78 is 0.818. The van der Waals surface area contributed by atoms with Gasteiger partial charge in [-0.15, -0.1) is 5.10 Å². The molecule has 0 fully saturated rings. The van der Waals surface area contributed by atoms with E-state index in [9.17, 15) is 4.79 Å². The highest BCUT2D eigenvalue weighted by molar-refractivity contribution is 9.10. The maximum Gasteiger partial charge on any atom is 0.295 e. The molecule has 2 rings (SSSR count). The summed E-state index contributed by atoms with van der Waals surface area (Å²) in [6.45, 7) is 3.96. The standard InChI is InChI=1S/C12H13BrN4O/c1-7(2)10-15-11(17-16-10)12(18)14-9-6-4-3-5-8(9)13/h3-7H,1-2H3,(H,14,18)(H,15,16,17). The molecule has 0 bridgehead atoms. The quantitative estimate of drug-likeness (QED) is 0.915. The summed E-state index contributed by atoms with van der Waals surface area (Å²) in [7, 11) is 0. The zero-order valence-electron chi connectivity index (χ0n) is 10.1. The number of H-pyrrole nitrogens is 1. The van der Waals surface area contributed by atoms with E-state index in [4.69, 9.17) is 0 Å². The number of nitrogens with one attached hydrogen (secondary N) is 2. The SMILES string of the molecule is CC(C)c1nc(C(=O)Nc2ccccc2Br)n[nH]1. The number of para-hydroxylation sites is 1. The van der Waals surface area contributed by atoms with Gasteiger partial charge in [0.05, 0.1) is 5.69 Å². The Morgan fingerprint density at radius 2 is 2.11 bits per heavy atom. The van der Waals surface area contributed by atoms with Gasteiger partial charge in [0, 0.05) is 10.4 Å². The minimum absolute atomic E-state index is 0.148. The fourth-order valence-corrected chi connectivity index (χ4v) is 1.76. The van der Waals surface area contributed by atoms with Crippen LogP contribution in [-0.2, 0) is 0 Å². The number of aromatic amines is 1. The Morgan fingerprint density at radius 1 is 1.39 bits per heavy atom. The van der Waals surface area contributed by atoms with Crippen molar-refractivity contribution in [2.75, 3.05) is 5.32 Å². The molecule has 0 aliphatic heterocycles. The van der Waals surface area contributed by atoms with Crippen molar-refractivity contribution in [1.82, 2.24) is 15.2 Å². The Bertz CT molecular complexity index is 565. The van der Waals surface area contributed by atoms with E-state index >= 15 is 0 Å². The van der Waals surface area contributed by atoms with E-state index in [-0.39, 0.29) is 17.6 Å². The molecule has 0 atom stereocenters. The second kappa shape index (κ2) is 5.30. The van der Waals surface area contributed by atoms with Crippen LogP contribution in [0, 0.1) is 0 Å². The molecule has 0 unspecified atom stereocenters. The van der Waals surface area contributed by atoms with Crippen LogP contribution in [0.1, 0.15) is 36.2 Å². The topological polar surface area (TPSA) is 70.7 Å². The molecule has 0 saturated heterocycles. The van der Waals surface area contributed by atoms with Crippen molar-refractivity contribution < 1.29 is 4.79 Å². The Kier molecular flexibility index (Phi) is 3.76. The van der Waals surface area contributed by atoms with E-state index in [1.165, 1.54) is 0 Å². The lowest BCUT2D eigenvalue weighted by atomic mass is 10.2. The number of halogens is 1. The molecule has 5 nitrogen and oxygen atoms in total. The van der Waals surface area contributed by atoms with Gasteiger partial charge in [0.25, 0.3) is 5.91 Å². The van der Waals surface area contributed by atoms with E-state index in [1.54, 1.807) is 6.07 Å². The average Bonchev–Trinajstić information content (AvgIpc) is 2.81. The molecule has 18 heavy (non-hydrogen) atoms. The summed E-state index contributed by atoms with van der Waals surface area (Å²) in [5.41, 5.74) is 0.693. The number of rotatable bonds is 3. The van der Waals surface area contributed by atoms with Crippen LogP contribution in [0.5, 0.6) is 0 Å². The minimum Gasteiger partial charge on any atom is -0.318 e. The molecule has 1 aromatic carbocycles. The summed E-state index contributed by atoms with van der Waals surface area (Å²) in [5.74, 6) is 0.731. The molecule has 94 valence electrons. The zero-order chi connectivity index (χ0) is 13.1. The highest BCUT2D eigenvalue weighted by atomic mass is 79.9. The number of benzene rings is 1. The fraction of sp³-hybridized carbons (Fsp3) is 0.250. The van der Waals surface area contributed by atoms with Gasteiger partial charge in [-0.05, 0) is 28.1 Å². The lowest BCUT2D eigenvalue weighted by Gasteiger charge is -2.04. The maximum absolute atomic E-state index is 11.9. The molecule has 1 heterocycles. The number of nitrogens with zero attached hydrogens (tertiary/aromatic N) is 2. The van der Waals surface area contributed by atoms with Crippen LogP contribution in [0.4, 0.5) is 5.69 Å². The van der Waals surface area contributed by atoms with Gasteiger partial charge in [-0.3, -0.25) is 9.89 Å². The molecule has 0 saturated carbocycles. The van der Waals surface area contributed by atoms with Crippen LogP contribution in [0.15, 0.2) is 28.7 Å². The molecular formula is C12H13BrN4O. The van der Waals surface area contributed by atoms with Crippen LogP contribution < -0.4 is 5.32 Å². The number of carbonyl (C=O) groups excluding carboxylic acids is 1. The van der Waals surface area contributed by atoms with Gasteiger partial charge >= 0.3 is 0 Å². The first-order valence-electron chi connectivity index (χ1n) is 5.56. The lowest BCUT2D eigenvalue weighted by Crippen LogP contribution is -2.14. The number of amides is 1. The summed E-state index contributed by atoms with van der Waals surface area (Å²) in [5, 5.41) is 9.40. The second-order valence-electron chi connectivity index (χ2n) is 4.13. The normalized spacial score (nSPS) is 10.7. The third-order valence-corrected chi connectivity index (χ3v) is 3.07. The summed E-state index contributed by atoms with van der Waals surface area (Å²) in [6.07, 6.45) is 0. The molecule has 2 aromatic rings. The Morgan fingerprint density at radius 3 is 2.72 bits per heavy atom. The highest BCUT2D eigenvalue weighted by Crippen LogP contribution is 2.21. The minimum atomic E-state index is -0.329. The molecule has 6 heteroatoms. The third kappa shape index (κ3) is 2.76. The first-order valence-corrected chi connectivity index (χ1v) is 6.35.